The molecule has 0 aliphatic heterocycles. The lowest BCUT2D eigenvalue weighted by Gasteiger charge is -2.14. The molecule has 114 valence electrons. The van der Waals surface area contributed by atoms with Crippen LogP contribution in [-0.4, -0.2) is 21.2 Å². The van der Waals surface area contributed by atoms with E-state index in [0.29, 0.717) is 12.5 Å². The lowest BCUT2D eigenvalue weighted by atomic mass is 10.1. The predicted molar refractivity (Wildman–Crippen MR) is 84.8 cm³/mol. The highest BCUT2D eigenvalue weighted by Crippen LogP contribution is 2.11. The molecule has 0 saturated heterocycles. The smallest absolute Gasteiger partial charge is 0.0915 e. The van der Waals surface area contributed by atoms with E-state index in [2.05, 4.69) is 47.0 Å². The van der Waals surface area contributed by atoms with Crippen molar-refractivity contribution in [1.82, 2.24) is 14.9 Å². The molecule has 1 unspecified atom stereocenters. The Hall–Kier alpha value is -1.65. The number of aliphatic hydroxyl groups excluding tert-OH is 1. The first-order valence-electron chi connectivity index (χ1n) is 7.59. The minimum Gasteiger partial charge on any atom is -0.387 e. The molecule has 0 aromatic carbocycles. The molecule has 0 aliphatic carbocycles. The fourth-order valence-electron chi connectivity index (χ4n) is 2.27. The third-order valence-corrected chi connectivity index (χ3v) is 3.61. The van der Waals surface area contributed by atoms with E-state index >= 15 is 0 Å². The van der Waals surface area contributed by atoms with E-state index in [0.717, 1.165) is 18.7 Å². The second-order valence-electron chi connectivity index (χ2n) is 5.80. The highest BCUT2D eigenvalue weighted by molar-refractivity contribution is 5.13. The fraction of sp³-hybridized carbons (Fsp3) is 0.471. The highest BCUT2D eigenvalue weighted by atomic mass is 16.3. The maximum atomic E-state index is 10.1. The van der Waals surface area contributed by atoms with Crippen molar-refractivity contribution in [3.63, 3.8) is 0 Å². The summed E-state index contributed by atoms with van der Waals surface area (Å²) in [4.78, 5) is 3.96. The number of aromatic nitrogens is 2. The lowest BCUT2D eigenvalue weighted by Crippen LogP contribution is -2.22. The first-order valence-corrected chi connectivity index (χ1v) is 7.59. The van der Waals surface area contributed by atoms with Gasteiger partial charge in [0.05, 0.1) is 6.10 Å². The van der Waals surface area contributed by atoms with Crippen LogP contribution in [0.3, 0.4) is 0 Å². The Morgan fingerprint density at radius 3 is 2.71 bits per heavy atom. The molecule has 0 spiro atoms. The summed E-state index contributed by atoms with van der Waals surface area (Å²) < 4.78 is 2.28. The van der Waals surface area contributed by atoms with Crippen LogP contribution in [0.2, 0.25) is 0 Å². The number of aliphatic hydroxyl groups is 1. The summed E-state index contributed by atoms with van der Waals surface area (Å²) in [5.41, 5.74) is 2.16. The van der Waals surface area contributed by atoms with Crippen LogP contribution in [0.4, 0.5) is 0 Å². The summed E-state index contributed by atoms with van der Waals surface area (Å²) in [5, 5.41) is 13.4. The standard InChI is InChI=1S/C17H25N3O/c1-14(2)7-11-20-10-3-4-16(20)12-19-13-17(21)15-5-8-18-9-6-15/h3-6,8-10,14,17,19,21H,7,11-13H2,1-2H3. The SMILES string of the molecule is CC(C)CCn1cccc1CNCC(O)c1ccncc1. The van der Waals surface area contributed by atoms with Crippen LogP contribution in [0.25, 0.3) is 0 Å². The maximum Gasteiger partial charge on any atom is 0.0915 e. The van der Waals surface area contributed by atoms with Gasteiger partial charge < -0.3 is 15.0 Å². The largest absolute Gasteiger partial charge is 0.387 e. The molecule has 2 aromatic rings. The summed E-state index contributed by atoms with van der Waals surface area (Å²) in [6.45, 7) is 6.85. The van der Waals surface area contributed by atoms with Crippen molar-refractivity contribution in [2.45, 2.75) is 39.5 Å². The number of aryl methyl sites for hydroxylation is 1. The van der Waals surface area contributed by atoms with Crippen molar-refractivity contribution in [2.24, 2.45) is 5.92 Å². The van der Waals surface area contributed by atoms with Gasteiger partial charge in [-0.2, -0.15) is 0 Å². The Morgan fingerprint density at radius 2 is 2.00 bits per heavy atom. The molecule has 1 atom stereocenters. The van der Waals surface area contributed by atoms with Gasteiger partial charge in [0.1, 0.15) is 0 Å². The summed E-state index contributed by atoms with van der Waals surface area (Å²) in [6, 6.07) is 7.90. The van der Waals surface area contributed by atoms with Crippen molar-refractivity contribution in [3.8, 4) is 0 Å². The topological polar surface area (TPSA) is 50.1 Å². The average molecular weight is 287 g/mol. The maximum absolute atomic E-state index is 10.1. The first-order chi connectivity index (χ1) is 10.2. The van der Waals surface area contributed by atoms with Crippen molar-refractivity contribution >= 4 is 0 Å². The van der Waals surface area contributed by atoms with E-state index < -0.39 is 6.10 Å². The molecule has 2 aromatic heterocycles. The van der Waals surface area contributed by atoms with Gasteiger partial charge in [0, 0.05) is 43.9 Å². The molecule has 0 saturated carbocycles. The van der Waals surface area contributed by atoms with Crippen LogP contribution in [-0.2, 0) is 13.1 Å². The van der Waals surface area contributed by atoms with Gasteiger partial charge in [-0.1, -0.05) is 13.8 Å². The molecule has 0 radical (unpaired) electrons. The molecule has 0 fully saturated rings. The van der Waals surface area contributed by atoms with E-state index in [1.807, 2.05) is 12.1 Å². The zero-order valence-electron chi connectivity index (χ0n) is 12.9. The summed E-state index contributed by atoms with van der Waals surface area (Å²) in [7, 11) is 0. The zero-order valence-corrected chi connectivity index (χ0v) is 12.9. The lowest BCUT2D eigenvalue weighted by molar-refractivity contribution is 0.174. The van der Waals surface area contributed by atoms with Crippen molar-refractivity contribution in [3.05, 3.63) is 54.1 Å². The van der Waals surface area contributed by atoms with Crippen molar-refractivity contribution in [1.29, 1.82) is 0 Å². The third kappa shape index (κ3) is 4.99. The zero-order chi connectivity index (χ0) is 15.1. The van der Waals surface area contributed by atoms with Crippen LogP contribution in [0.5, 0.6) is 0 Å². The summed E-state index contributed by atoms with van der Waals surface area (Å²) >= 11 is 0. The predicted octanol–water partition coefficient (Wildman–Crippen LogP) is 2.75. The monoisotopic (exact) mass is 287 g/mol. The minimum atomic E-state index is -0.493. The van der Waals surface area contributed by atoms with Crippen molar-refractivity contribution < 1.29 is 5.11 Å². The van der Waals surface area contributed by atoms with Crippen LogP contribution >= 0.6 is 0 Å². The second kappa shape index (κ2) is 7.96. The van der Waals surface area contributed by atoms with Crippen LogP contribution in [0.15, 0.2) is 42.9 Å². The Kier molecular flexibility index (Phi) is 5.96. The number of nitrogens with zero attached hydrogens (tertiary/aromatic N) is 2. The molecule has 0 bridgehead atoms. The van der Waals surface area contributed by atoms with Gasteiger partial charge in [0.2, 0.25) is 0 Å². The molecule has 0 aliphatic rings. The summed E-state index contributed by atoms with van der Waals surface area (Å²) in [5.74, 6) is 0.710. The minimum absolute atomic E-state index is 0.493. The van der Waals surface area contributed by atoms with Crippen molar-refractivity contribution in [2.75, 3.05) is 6.54 Å². The highest BCUT2D eigenvalue weighted by Gasteiger charge is 2.07. The third-order valence-electron chi connectivity index (χ3n) is 3.61. The van der Waals surface area contributed by atoms with Gasteiger partial charge in [0.15, 0.2) is 0 Å². The molecular formula is C17H25N3O. The number of pyridine rings is 1. The van der Waals surface area contributed by atoms with E-state index in [9.17, 15) is 5.11 Å². The molecular weight excluding hydrogens is 262 g/mol. The quantitative estimate of drug-likeness (QED) is 0.785. The van der Waals surface area contributed by atoms with Crippen LogP contribution in [0.1, 0.15) is 37.6 Å². The number of nitrogens with one attached hydrogen (secondary N) is 1. The number of hydrogen-bond donors (Lipinski definition) is 2. The summed E-state index contributed by atoms with van der Waals surface area (Å²) in [6.07, 6.45) is 6.22. The van der Waals surface area contributed by atoms with E-state index in [-0.39, 0.29) is 0 Å². The van der Waals surface area contributed by atoms with Crippen LogP contribution < -0.4 is 5.32 Å². The molecule has 4 nitrogen and oxygen atoms in total. The Morgan fingerprint density at radius 1 is 1.24 bits per heavy atom. The second-order valence-corrected chi connectivity index (χ2v) is 5.80. The molecule has 4 heteroatoms. The fourth-order valence-corrected chi connectivity index (χ4v) is 2.27. The van der Waals surface area contributed by atoms with Gasteiger partial charge in [0.25, 0.3) is 0 Å². The Balaban J connectivity index is 1.80. The van der Waals surface area contributed by atoms with E-state index in [1.165, 1.54) is 12.1 Å². The molecule has 2 heterocycles. The number of rotatable bonds is 8. The molecule has 2 rings (SSSR count). The van der Waals surface area contributed by atoms with Gasteiger partial charge in [-0.25, -0.2) is 0 Å². The molecule has 2 N–H and O–H groups in total. The van der Waals surface area contributed by atoms with Crippen LogP contribution in [0, 0.1) is 5.92 Å². The Bertz CT molecular complexity index is 522. The normalized spacial score (nSPS) is 12.8. The Labute approximate surface area is 126 Å². The average Bonchev–Trinajstić information content (AvgIpc) is 2.93. The van der Waals surface area contributed by atoms with Gasteiger partial charge in [-0.3, -0.25) is 4.98 Å². The number of hydrogen-bond acceptors (Lipinski definition) is 3. The van der Waals surface area contributed by atoms with Gasteiger partial charge in [-0.15, -0.1) is 0 Å². The first kappa shape index (κ1) is 15.7. The van der Waals surface area contributed by atoms with Gasteiger partial charge >= 0.3 is 0 Å². The van der Waals surface area contributed by atoms with E-state index in [4.69, 9.17) is 0 Å². The molecule has 21 heavy (non-hydrogen) atoms. The van der Waals surface area contributed by atoms with Gasteiger partial charge in [-0.05, 0) is 42.2 Å². The van der Waals surface area contributed by atoms with E-state index in [1.54, 1.807) is 12.4 Å². The molecule has 0 amide bonds.